The smallest absolute Gasteiger partial charge is 0.230 e. The zero-order valence-electron chi connectivity index (χ0n) is 14.9. The minimum Gasteiger partial charge on any atom is -0.326 e. The first-order chi connectivity index (χ1) is 13.6. The van der Waals surface area contributed by atoms with Crippen LogP contribution in [0.5, 0.6) is 0 Å². The maximum Gasteiger partial charge on any atom is 0.230 e. The number of carbonyl (C=O) groups excluding carboxylic acids is 2. The summed E-state index contributed by atoms with van der Waals surface area (Å²) in [4.78, 5) is 28.4. The Labute approximate surface area is 165 Å². The molecular weight excluding hydrogens is 377 g/mol. The fourth-order valence-corrected chi connectivity index (χ4v) is 3.56. The molecule has 1 saturated carbocycles. The molecule has 0 bridgehead atoms. The highest BCUT2D eigenvalue weighted by molar-refractivity contribution is 7.13. The lowest BCUT2D eigenvalue weighted by molar-refractivity contribution is -0.117. The molecule has 1 fully saturated rings. The van der Waals surface area contributed by atoms with Crippen molar-refractivity contribution in [3.05, 3.63) is 65.4 Å². The molecule has 1 aliphatic carbocycles. The highest BCUT2D eigenvalue weighted by atomic mass is 32.1. The molecule has 2 aromatic carbocycles. The minimum absolute atomic E-state index is 0.0504. The van der Waals surface area contributed by atoms with Crippen molar-refractivity contribution in [2.24, 2.45) is 5.92 Å². The maximum atomic E-state index is 13.3. The van der Waals surface area contributed by atoms with Gasteiger partial charge in [0.15, 0.2) is 0 Å². The summed E-state index contributed by atoms with van der Waals surface area (Å²) in [5, 5.41) is 8.16. The van der Waals surface area contributed by atoms with Crippen LogP contribution in [0.2, 0.25) is 0 Å². The summed E-state index contributed by atoms with van der Waals surface area (Å²) in [5.74, 6) is -0.307. The largest absolute Gasteiger partial charge is 0.326 e. The number of benzene rings is 2. The quantitative estimate of drug-likeness (QED) is 0.646. The number of aromatic nitrogens is 1. The van der Waals surface area contributed by atoms with Crippen LogP contribution in [0, 0.1) is 11.7 Å². The number of rotatable bonds is 6. The number of carbonyl (C=O) groups is 2. The first-order valence-corrected chi connectivity index (χ1v) is 9.86. The van der Waals surface area contributed by atoms with Crippen molar-refractivity contribution >= 4 is 34.5 Å². The third-order valence-electron chi connectivity index (χ3n) is 4.35. The standard InChI is InChI=1S/C21H18FN3O2S/c22-15-3-1-2-14(10-15)21-25-18(12-28-21)11-19(26)23-16-6-8-17(9-7-16)24-20(27)13-4-5-13/h1-3,6-10,12-13H,4-5,11H2,(H,23,26)(H,24,27). The SMILES string of the molecule is O=C(Cc1csc(-c2cccc(F)c2)n1)Nc1ccc(NC(=O)C2CC2)cc1. The molecule has 0 unspecified atom stereocenters. The van der Waals surface area contributed by atoms with Crippen LogP contribution in [0.25, 0.3) is 10.6 Å². The van der Waals surface area contributed by atoms with Gasteiger partial charge in [-0.3, -0.25) is 9.59 Å². The van der Waals surface area contributed by atoms with E-state index in [1.54, 1.807) is 41.8 Å². The third kappa shape index (κ3) is 4.61. The Bertz CT molecular complexity index is 1010. The number of thiazole rings is 1. The van der Waals surface area contributed by atoms with Crippen LogP contribution in [-0.2, 0) is 16.0 Å². The third-order valence-corrected chi connectivity index (χ3v) is 5.29. The van der Waals surface area contributed by atoms with Gasteiger partial charge >= 0.3 is 0 Å². The van der Waals surface area contributed by atoms with E-state index in [9.17, 15) is 14.0 Å². The molecule has 5 nitrogen and oxygen atoms in total. The number of hydrogen-bond donors (Lipinski definition) is 2. The Hall–Kier alpha value is -3.06. The van der Waals surface area contributed by atoms with Crippen molar-refractivity contribution in [3.63, 3.8) is 0 Å². The summed E-state index contributed by atoms with van der Waals surface area (Å²) in [6, 6.07) is 13.3. The number of halogens is 1. The number of nitrogens with one attached hydrogen (secondary N) is 2. The van der Waals surface area contributed by atoms with Gasteiger partial charge in [-0.2, -0.15) is 0 Å². The molecule has 4 rings (SSSR count). The van der Waals surface area contributed by atoms with Gasteiger partial charge in [-0.15, -0.1) is 11.3 Å². The predicted molar refractivity (Wildman–Crippen MR) is 108 cm³/mol. The van der Waals surface area contributed by atoms with E-state index >= 15 is 0 Å². The molecule has 28 heavy (non-hydrogen) atoms. The molecule has 0 saturated heterocycles. The van der Waals surface area contributed by atoms with Gasteiger partial charge in [-0.05, 0) is 49.2 Å². The number of hydrogen-bond acceptors (Lipinski definition) is 4. The monoisotopic (exact) mass is 395 g/mol. The van der Waals surface area contributed by atoms with E-state index in [2.05, 4.69) is 15.6 Å². The van der Waals surface area contributed by atoms with Gasteiger partial charge in [0.25, 0.3) is 0 Å². The summed E-state index contributed by atoms with van der Waals surface area (Å²) < 4.78 is 13.3. The van der Waals surface area contributed by atoms with Gasteiger partial charge in [-0.25, -0.2) is 9.37 Å². The lowest BCUT2D eigenvalue weighted by Gasteiger charge is -2.07. The van der Waals surface area contributed by atoms with Crippen molar-refractivity contribution in [2.75, 3.05) is 10.6 Å². The van der Waals surface area contributed by atoms with Gasteiger partial charge in [-0.1, -0.05) is 12.1 Å². The zero-order chi connectivity index (χ0) is 19.5. The second kappa shape index (κ2) is 7.90. The lowest BCUT2D eigenvalue weighted by Crippen LogP contribution is -2.15. The minimum atomic E-state index is -0.316. The molecule has 0 radical (unpaired) electrons. The van der Waals surface area contributed by atoms with Crippen molar-refractivity contribution in [1.82, 2.24) is 4.98 Å². The average molecular weight is 395 g/mol. The van der Waals surface area contributed by atoms with Crippen molar-refractivity contribution in [2.45, 2.75) is 19.3 Å². The van der Waals surface area contributed by atoms with E-state index in [-0.39, 0.29) is 30.0 Å². The topological polar surface area (TPSA) is 71.1 Å². The first-order valence-electron chi connectivity index (χ1n) is 8.98. The number of amides is 2. The van der Waals surface area contributed by atoms with E-state index in [0.29, 0.717) is 27.6 Å². The molecule has 2 N–H and O–H groups in total. The summed E-state index contributed by atoms with van der Waals surface area (Å²) in [6.45, 7) is 0. The van der Waals surface area contributed by atoms with Crippen LogP contribution >= 0.6 is 11.3 Å². The van der Waals surface area contributed by atoms with E-state index < -0.39 is 0 Å². The number of anilines is 2. The molecule has 1 aromatic heterocycles. The van der Waals surface area contributed by atoms with Crippen LogP contribution in [-0.4, -0.2) is 16.8 Å². The molecule has 1 heterocycles. The Balaban J connectivity index is 1.33. The average Bonchev–Trinajstić information content (AvgIpc) is 3.43. The Morgan fingerprint density at radius 3 is 2.46 bits per heavy atom. The second-order valence-corrected chi connectivity index (χ2v) is 7.58. The highest BCUT2D eigenvalue weighted by Gasteiger charge is 2.29. The molecule has 142 valence electrons. The molecule has 3 aromatic rings. The van der Waals surface area contributed by atoms with E-state index in [1.165, 1.54) is 23.5 Å². The highest BCUT2D eigenvalue weighted by Crippen LogP contribution is 2.30. The van der Waals surface area contributed by atoms with Crippen LogP contribution in [0.3, 0.4) is 0 Å². The van der Waals surface area contributed by atoms with E-state index in [4.69, 9.17) is 0 Å². The van der Waals surface area contributed by atoms with Gasteiger partial charge in [0.2, 0.25) is 11.8 Å². The van der Waals surface area contributed by atoms with Crippen molar-refractivity contribution in [3.8, 4) is 10.6 Å². The Morgan fingerprint density at radius 2 is 1.79 bits per heavy atom. The molecule has 1 aliphatic rings. The molecule has 0 aliphatic heterocycles. The second-order valence-electron chi connectivity index (χ2n) is 6.72. The lowest BCUT2D eigenvalue weighted by atomic mass is 10.2. The van der Waals surface area contributed by atoms with Gasteiger partial charge in [0, 0.05) is 28.2 Å². The predicted octanol–water partition coefficient (Wildman–Crippen LogP) is 4.48. The number of nitrogens with zero attached hydrogens (tertiary/aromatic N) is 1. The summed E-state index contributed by atoms with van der Waals surface area (Å²) in [5.41, 5.74) is 2.69. The van der Waals surface area contributed by atoms with E-state index in [1.807, 2.05) is 0 Å². The van der Waals surface area contributed by atoms with Gasteiger partial charge in [0.05, 0.1) is 12.1 Å². The maximum absolute atomic E-state index is 13.3. The van der Waals surface area contributed by atoms with Crippen LogP contribution in [0.1, 0.15) is 18.5 Å². The van der Waals surface area contributed by atoms with Crippen LogP contribution in [0.15, 0.2) is 53.9 Å². The molecule has 0 spiro atoms. The Morgan fingerprint density at radius 1 is 1.07 bits per heavy atom. The van der Waals surface area contributed by atoms with Crippen LogP contribution < -0.4 is 10.6 Å². The fraction of sp³-hybridized carbons (Fsp3) is 0.190. The molecule has 7 heteroatoms. The van der Waals surface area contributed by atoms with Crippen molar-refractivity contribution < 1.29 is 14.0 Å². The van der Waals surface area contributed by atoms with Gasteiger partial charge in [0.1, 0.15) is 10.8 Å². The summed E-state index contributed by atoms with van der Waals surface area (Å²) in [7, 11) is 0. The first kappa shape index (κ1) is 18.3. The Kier molecular flexibility index (Phi) is 5.16. The summed E-state index contributed by atoms with van der Waals surface area (Å²) >= 11 is 1.38. The molecule has 0 atom stereocenters. The van der Waals surface area contributed by atoms with E-state index in [0.717, 1.165) is 12.8 Å². The normalized spacial score (nSPS) is 13.2. The van der Waals surface area contributed by atoms with Crippen molar-refractivity contribution in [1.29, 1.82) is 0 Å². The van der Waals surface area contributed by atoms with Crippen LogP contribution in [0.4, 0.5) is 15.8 Å². The molecular formula is C21H18FN3O2S. The zero-order valence-corrected chi connectivity index (χ0v) is 15.8. The fourth-order valence-electron chi connectivity index (χ4n) is 2.74. The van der Waals surface area contributed by atoms with Gasteiger partial charge < -0.3 is 10.6 Å². The molecule has 2 amide bonds. The summed E-state index contributed by atoms with van der Waals surface area (Å²) in [6.07, 6.45) is 2.04.